The highest BCUT2D eigenvalue weighted by atomic mass is 32.1. The number of amides is 5. The minimum atomic E-state index is -5.80. The first kappa shape index (κ1) is 32.9. The molecule has 17 heteroatoms. The molecule has 1 aromatic heterocycles. The molecule has 5 rings (SSSR count). The molecule has 3 aliphatic rings. The van der Waals surface area contributed by atoms with Gasteiger partial charge in [-0.3, -0.25) is 28.5 Å². The standard InChI is InChI=1S/C28H34F2N5O8PS/c1-15(36)33-9-8-19-5-6-22(27(40)32(3)20-12-34(13-20)16(2)37)35(19)26(39)21(14-33)31-25(38)24-11-17-10-18(4-7-23(17)45-24)28(29,30)44(41,42)43/h4,7,10-11,19-22H,5-6,8-9,12-14H2,1-3H3,(H,31,38)(H2,41,42,43)/t19-,21+,22+/m1/s1. The number of fused-ring (bicyclic) bond motifs is 2. The van der Waals surface area contributed by atoms with Crippen molar-refractivity contribution in [2.45, 2.75) is 62.9 Å². The van der Waals surface area contributed by atoms with Gasteiger partial charge >= 0.3 is 13.3 Å². The fourth-order valence-electron chi connectivity index (χ4n) is 6.12. The number of carbonyl (C=O) groups excluding carboxylic acids is 5. The summed E-state index contributed by atoms with van der Waals surface area (Å²) in [5.74, 6) is -1.87. The van der Waals surface area contributed by atoms with E-state index in [1.807, 2.05) is 0 Å². The Bertz CT molecular complexity index is 1610. The van der Waals surface area contributed by atoms with Crippen LogP contribution in [0.3, 0.4) is 0 Å². The molecule has 2 aromatic rings. The average Bonchev–Trinajstić information content (AvgIpc) is 3.55. The molecule has 244 valence electrons. The summed E-state index contributed by atoms with van der Waals surface area (Å²) in [6.45, 7) is 3.79. The van der Waals surface area contributed by atoms with Gasteiger partial charge in [-0.2, -0.15) is 8.78 Å². The summed E-state index contributed by atoms with van der Waals surface area (Å²) >= 11 is 0.936. The molecule has 3 N–H and O–H groups in total. The van der Waals surface area contributed by atoms with Gasteiger partial charge in [-0.05, 0) is 42.8 Å². The molecular formula is C28H34F2N5O8PS. The second kappa shape index (κ2) is 12.0. The Morgan fingerprint density at radius 1 is 1.02 bits per heavy atom. The van der Waals surface area contributed by atoms with Gasteiger partial charge in [-0.1, -0.05) is 6.07 Å². The summed E-state index contributed by atoms with van der Waals surface area (Å²) in [7, 11) is -4.15. The van der Waals surface area contributed by atoms with E-state index in [4.69, 9.17) is 9.79 Å². The minimum absolute atomic E-state index is 0.0521. The number of nitrogens with one attached hydrogen (secondary N) is 1. The number of nitrogens with zero attached hydrogens (tertiary/aromatic N) is 4. The van der Waals surface area contributed by atoms with Crippen molar-refractivity contribution >= 4 is 58.6 Å². The average molecular weight is 670 g/mol. The van der Waals surface area contributed by atoms with Crippen LogP contribution in [0.15, 0.2) is 24.3 Å². The molecule has 0 bridgehead atoms. The van der Waals surface area contributed by atoms with E-state index in [9.17, 15) is 37.3 Å². The normalized spacial score (nSPS) is 22.9. The van der Waals surface area contributed by atoms with Crippen molar-refractivity contribution in [1.82, 2.24) is 24.9 Å². The summed E-state index contributed by atoms with van der Waals surface area (Å²) < 4.78 is 40.3. The van der Waals surface area contributed by atoms with E-state index in [2.05, 4.69) is 5.32 Å². The van der Waals surface area contributed by atoms with Gasteiger partial charge in [-0.25, -0.2) is 0 Å². The minimum Gasteiger partial charge on any atom is -0.340 e. The van der Waals surface area contributed by atoms with Crippen LogP contribution < -0.4 is 5.32 Å². The van der Waals surface area contributed by atoms with Crippen molar-refractivity contribution in [1.29, 1.82) is 0 Å². The Hall–Kier alpha value is -3.46. The van der Waals surface area contributed by atoms with Gasteiger partial charge in [0, 0.05) is 63.4 Å². The molecule has 45 heavy (non-hydrogen) atoms. The van der Waals surface area contributed by atoms with Crippen molar-refractivity contribution in [3.05, 3.63) is 34.7 Å². The van der Waals surface area contributed by atoms with Crippen LogP contribution in [0.5, 0.6) is 0 Å². The van der Waals surface area contributed by atoms with Crippen LogP contribution in [0, 0.1) is 0 Å². The smallest absolute Gasteiger partial charge is 0.340 e. The summed E-state index contributed by atoms with van der Waals surface area (Å²) in [4.78, 5) is 89.5. The quantitative estimate of drug-likeness (QED) is 0.390. The van der Waals surface area contributed by atoms with E-state index >= 15 is 0 Å². The van der Waals surface area contributed by atoms with E-state index in [1.165, 1.54) is 35.8 Å². The Labute approximate surface area is 261 Å². The summed E-state index contributed by atoms with van der Waals surface area (Å²) in [5, 5.41) is 2.83. The van der Waals surface area contributed by atoms with Crippen molar-refractivity contribution in [3.63, 3.8) is 0 Å². The zero-order valence-corrected chi connectivity index (χ0v) is 26.5. The second-order valence-corrected chi connectivity index (χ2v) is 14.5. The van der Waals surface area contributed by atoms with Crippen molar-refractivity contribution in [2.75, 3.05) is 33.2 Å². The highest BCUT2D eigenvalue weighted by Gasteiger charge is 2.51. The molecule has 3 atom stereocenters. The lowest BCUT2D eigenvalue weighted by Gasteiger charge is -2.45. The number of hydrogen-bond acceptors (Lipinski definition) is 7. The number of thiophene rings is 1. The van der Waals surface area contributed by atoms with E-state index in [0.29, 0.717) is 43.6 Å². The van der Waals surface area contributed by atoms with Gasteiger partial charge in [0.25, 0.3) is 5.91 Å². The first-order chi connectivity index (χ1) is 21.0. The summed E-state index contributed by atoms with van der Waals surface area (Å²) in [6.07, 6.45) is 1.39. The van der Waals surface area contributed by atoms with Crippen LogP contribution >= 0.6 is 18.9 Å². The Balaban J connectivity index is 1.37. The molecule has 3 aliphatic heterocycles. The number of benzene rings is 1. The Kier molecular flexibility index (Phi) is 8.81. The topological polar surface area (TPSA) is 168 Å². The number of likely N-dealkylation sites (tertiary alicyclic amines) is 1. The van der Waals surface area contributed by atoms with Crippen LogP contribution in [-0.2, 0) is 29.4 Å². The lowest BCUT2D eigenvalue weighted by molar-refractivity contribution is -0.152. The van der Waals surface area contributed by atoms with Gasteiger partial charge in [0.1, 0.15) is 12.1 Å². The van der Waals surface area contributed by atoms with Crippen LogP contribution in [0.1, 0.15) is 48.3 Å². The second-order valence-electron chi connectivity index (χ2n) is 11.7. The van der Waals surface area contributed by atoms with Crippen molar-refractivity contribution < 1.29 is 47.1 Å². The number of alkyl halides is 2. The zero-order chi connectivity index (χ0) is 33.0. The molecule has 0 unspecified atom stereocenters. The van der Waals surface area contributed by atoms with E-state index in [1.54, 1.807) is 16.8 Å². The van der Waals surface area contributed by atoms with Gasteiger partial charge in [0.05, 0.1) is 10.9 Å². The Morgan fingerprint density at radius 2 is 1.69 bits per heavy atom. The molecule has 1 aromatic carbocycles. The number of rotatable bonds is 6. The molecule has 0 aliphatic carbocycles. The lowest BCUT2D eigenvalue weighted by Crippen LogP contribution is -2.64. The molecule has 0 saturated carbocycles. The summed E-state index contributed by atoms with van der Waals surface area (Å²) in [5.41, 5.74) is -5.33. The molecule has 0 spiro atoms. The molecule has 4 heterocycles. The van der Waals surface area contributed by atoms with Gasteiger partial charge in [-0.15, -0.1) is 11.3 Å². The molecule has 3 saturated heterocycles. The zero-order valence-electron chi connectivity index (χ0n) is 24.8. The molecule has 5 amide bonds. The van der Waals surface area contributed by atoms with Crippen molar-refractivity contribution in [2.24, 2.45) is 0 Å². The van der Waals surface area contributed by atoms with Gasteiger partial charge in [0.15, 0.2) is 0 Å². The van der Waals surface area contributed by atoms with Crippen LogP contribution in [0.25, 0.3) is 10.1 Å². The number of hydrogen-bond donors (Lipinski definition) is 3. The predicted octanol–water partition coefficient (Wildman–Crippen LogP) is 1.53. The van der Waals surface area contributed by atoms with Crippen LogP contribution in [0.2, 0.25) is 0 Å². The Morgan fingerprint density at radius 3 is 2.31 bits per heavy atom. The predicted molar refractivity (Wildman–Crippen MR) is 158 cm³/mol. The molecule has 13 nitrogen and oxygen atoms in total. The largest absolute Gasteiger partial charge is 0.399 e. The summed E-state index contributed by atoms with van der Waals surface area (Å²) in [6, 6.07) is 1.80. The first-order valence-corrected chi connectivity index (χ1v) is 16.8. The van der Waals surface area contributed by atoms with Crippen LogP contribution in [0.4, 0.5) is 8.78 Å². The fraction of sp³-hybridized carbons (Fsp3) is 0.536. The third-order valence-electron chi connectivity index (χ3n) is 8.88. The SMILES string of the molecule is CC(=O)N1CC(N(C)C(=O)[C@@H]2CC[C@@H]3CCN(C(C)=O)C[C@H](NC(=O)c4cc5cc(C(F)(F)P(=O)(O)O)ccc5s4)C(=O)N32)C1. The maximum atomic E-state index is 14.3. The number of likely N-dealkylation sites (N-methyl/N-ethyl adjacent to an activating group) is 1. The highest BCUT2D eigenvalue weighted by Crippen LogP contribution is 2.59. The lowest BCUT2D eigenvalue weighted by atomic mass is 10.1. The number of carbonyl (C=O) groups is 5. The van der Waals surface area contributed by atoms with Gasteiger partial charge in [0.2, 0.25) is 23.6 Å². The fourth-order valence-corrected chi connectivity index (χ4v) is 7.54. The molecule has 0 radical (unpaired) electrons. The number of halogens is 2. The third-order valence-corrected chi connectivity index (χ3v) is 11.0. The van der Waals surface area contributed by atoms with Gasteiger partial charge < -0.3 is 34.7 Å². The monoisotopic (exact) mass is 669 g/mol. The molecule has 3 fully saturated rings. The third kappa shape index (κ3) is 6.20. The van der Waals surface area contributed by atoms with E-state index in [-0.39, 0.29) is 46.6 Å². The van der Waals surface area contributed by atoms with E-state index in [0.717, 1.165) is 23.5 Å². The maximum Gasteiger partial charge on any atom is 0.399 e. The van der Waals surface area contributed by atoms with Crippen molar-refractivity contribution in [3.8, 4) is 0 Å². The van der Waals surface area contributed by atoms with E-state index < -0.39 is 42.7 Å². The highest BCUT2D eigenvalue weighted by molar-refractivity contribution is 7.52. The molecular weight excluding hydrogens is 635 g/mol. The first-order valence-electron chi connectivity index (χ1n) is 14.4. The maximum absolute atomic E-state index is 14.3. The van der Waals surface area contributed by atoms with Crippen LogP contribution in [-0.4, -0.2) is 116 Å².